The van der Waals surface area contributed by atoms with Crippen molar-refractivity contribution in [1.82, 2.24) is 0 Å². The van der Waals surface area contributed by atoms with E-state index in [4.69, 9.17) is 0 Å². The lowest BCUT2D eigenvalue weighted by Crippen LogP contribution is -2.32. The van der Waals surface area contributed by atoms with Crippen LogP contribution in [0.15, 0.2) is 18.2 Å². The smallest absolute Gasteiger partial charge is 0.132 e. The molecule has 1 N–H and O–H groups in total. The van der Waals surface area contributed by atoms with Gasteiger partial charge in [0.15, 0.2) is 0 Å². The lowest BCUT2D eigenvalue weighted by Gasteiger charge is -2.37. The number of rotatable bonds is 4. The monoisotopic (exact) mass is 262 g/mol. The molecule has 0 spiro atoms. The van der Waals surface area contributed by atoms with E-state index in [1.165, 1.54) is 12.1 Å². The first-order valence-corrected chi connectivity index (χ1v) is 8.54. The van der Waals surface area contributed by atoms with Crippen molar-refractivity contribution < 1.29 is 13.9 Å². The summed E-state index contributed by atoms with van der Waals surface area (Å²) in [4.78, 5) is 0. The molecule has 0 fully saturated rings. The van der Waals surface area contributed by atoms with E-state index in [2.05, 4.69) is 18.8 Å². The number of aliphatic hydroxyl groups is 1. The van der Waals surface area contributed by atoms with Gasteiger partial charge < -0.3 is 5.11 Å². The third-order valence-corrected chi connectivity index (χ3v) is 4.03. The molecule has 4 heteroatoms. The fourth-order valence-corrected chi connectivity index (χ4v) is 3.75. The minimum absolute atomic E-state index is 0.198. The number of benzene rings is 1. The van der Waals surface area contributed by atoms with Crippen LogP contribution in [0.25, 0.3) is 0 Å². The van der Waals surface area contributed by atoms with Crippen molar-refractivity contribution >= 4 is 10.0 Å². The molecular weight excluding hydrogens is 242 g/mol. The first-order valence-electron chi connectivity index (χ1n) is 5.52. The lowest BCUT2D eigenvalue weighted by molar-refractivity contribution is 0.0538. The van der Waals surface area contributed by atoms with Crippen molar-refractivity contribution in [1.29, 1.82) is 0 Å². The van der Waals surface area contributed by atoms with E-state index in [0.717, 1.165) is 6.07 Å². The maximum atomic E-state index is 13.7. The molecule has 1 nitrogen and oxygen atoms in total. The van der Waals surface area contributed by atoms with E-state index >= 15 is 0 Å². The summed E-state index contributed by atoms with van der Waals surface area (Å²) in [5.74, 6) is -0.773. The van der Waals surface area contributed by atoms with Gasteiger partial charge in [0.05, 0.1) is 5.60 Å². The molecule has 1 aromatic carbocycles. The highest BCUT2D eigenvalue weighted by molar-refractivity contribution is 8.32. The van der Waals surface area contributed by atoms with E-state index in [1.54, 1.807) is 0 Å². The summed E-state index contributed by atoms with van der Waals surface area (Å²) in [5.41, 5.74) is -1.01. The fourth-order valence-electron chi connectivity index (χ4n) is 1.95. The van der Waals surface area contributed by atoms with Gasteiger partial charge in [0.1, 0.15) is 11.6 Å². The molecule has 1 aromatic rings. The van der Waals surface area contributed by atoms with Crippen molar-refractivity contribution in [2.24, 2.45) is 0 Å². The summed E-state index contributed by atoms with van der Waals surface area (Å²) in [6.07, 6.45) is 6.61. The maximum Gasteiger partial charge on any atom is 0.132 e. The van der Waals surface area contributed by atoms with Crippen molar-refractivity contribution in [3.8, 4) is 0 Å². The highest BCUT2D eigenvalue weighted by Gasteiger charge is 2.33. The molecule has 0 aliphatic rings. The van der Waals surface area contributed by atoms with Crippen LogP contribution in [-0.4, -0.2) is 29.6 Å². The van der Waals surface area contributed by atoms with Gasteiger partial charge >= 0.3 is 0 Å². The van der Waals surface area contributed by atoms with Crippen molar-refractivity contribution in [2.45, 2.75) is 18.9 Å². The molecule has 98 valence electrons. The van der Waals surface area contributed by atoms with Gasteiger partial charge in [-0.2, -0.15) is 0 Å². The van der Waals surface area contributed by atoms with Gasteiger partial charge in [0.2, 0.25) is 0 Å². The van der Waals surface area contributed by atoms with Gasteiger partial charge in [-0.15, -0.1) is 0 Å². The van der Waals surface area contributed by atoms with E-state index in [-0.39, 0.29) is 5.56 Å². The van der Waals surface area contributed by atoms with Crippen LogP contribution >= 0.6 is 10.0 Å². The number of halogens is 2. The molecule has 0 bridgehead atoms. The number of hydrogen-bond acceptors (Lipinski definition) is 1. The van der Waals surface area contributed by atoms with Gasteiger partial charge in [-0.05, 0) is 31.3 Å². The zero-order valence-corrected chi connectivity index (χ0v) is 11.6. The van der Waals surface area contributed by atoms with Crippen LogP contribution in [0.3, 0.4) is 0 Å². The Labute approximate surface area is 103 Å². The van der Waals surface area contributed by atoms with E-state index in [1.807, 2.05) is 6.92 Å². The van der Waals surface area contributed by atoms with Gasteiger partial charge in [-0.3, -0.25) is 0 Å². The Kier molecular flexibility index (Phi) is 4.20. The molecular formula is C13H20F2OS. The Bertz CT molecular complexity index is 401. The summed E-state index contributed by atoms with van der Waals surface area (Å²) in [6.45, 7) is 1.81. The largest absolute Gasteiger partial charge is 0.384 e. The van der Waals surface area contributed by atoms with Gasteiger partial charge in [-0.1, -0.05) is 13.0 Å². The predicted octanol–water partition coefficient (Wildman–Crippen LogP) is 3.26. The second-order valence-corrected chi connectivity index (χ2v) is 9.71. The molecule has 1 atom stereocenters. The van der Waals surface area contributed by atoms with Crippen LogP contribution in [0.5, 0.6) is 0 Å². The highest BCUT2D eigenvalue weighted by atomic mass is 32.3. The Morgan fingerprint density at radius 3 is 2.24 bits per heavy atom. The minimum atomic E-state index is -1.20. The Morgan fingerprint density at radius 1 is 1.24 bits per heavy atom. The van der Waals surface area contributed by atoms with E-state index in [0.29, 0.717) is 12.2 Å². The van der Waals surface area contributed by atoms with E-state index < -0.39 is 27.3 Å². The predicted molar refractivity (Wildman–Crippen MR) is 70.8 cm³/mol. The maximum absolute atomic E-state index is 13.7. The summed E-state index contributed by atoms with van der Waals surface area (Å²) in [5, 5.41) is 10.6. The quantitative estimate of drug-likeness (QED) is 0.883. The minimum Gasteiger partial charge on any atom is -0.384 e. The molecule has 0 aromatic heterocycles. The molecule has 1 unspecified atom stereocenters. The van der Waals surface area contributed by atoms with E-state index in [9.17, 15) is 13.9 Å². The van der Waals surface area contributed by atoms with Gasteiger partial charge in [-0.25, -0.2) is 18.8 Å². The van der Waals surface area contributed by atoms with Crippen LogP contribution < -0.4 is 0 Å². The third-order valence-electron chi connectivity index (χ3n) is 2.69. The average Bonchev–Trinajstić information content (AvgIpc) is 2.14. The highest BCUT2D eigenvalue weighted by Crippen LogP contribution is 2.43. The Morgan fingerprint density at radius 2 is 1.82 bits per heavy atom. The topological polar surface area (TPSA) is 20.2 Å². The molecule has 17 heavy (non-hydrogen) atoms. The lowest BCUT2D eigenvalue weighted by atomic mass is 9.92. The molecule has 0 heterocycles. The molecule has 0 aliphatic carbocycles. The van der Waals surface area contributed by atoms with Crippen molar-refractivity contribution in [2.75, 3.05) is 24.5 Å². The molecule has 0 saturated heterocycles. The van der Waals surface area contributed by atoms with Crippen LogP contribution in [0.4, 0.5) is 8.78 Å². The molecule has 0 radical (unpaired) electrons. The second-order valence-electron chi connectivity index (χ2n) is 5.24. The van der Waals surface area contributed by atoms with Gasteiger partial charge in [0, 0.05) is 17.4 Å². The normalized spacial score (nSPS) is 16.6. The van der Waals surface area contributed by atoms with Crippen molar-refractivity contribution in [3.05, 3.63) is 35.4 Å². The van der Waals surface area contributed by atoms with Crippen LogP contribution in [-0.2, 0) is 5.60 Å². The fraction of sp³-hybridized carbons (Fsp3) is 0.538. The standard InChI is InChI=1S/C13H20F2OS/c1-5-13(16,9-17(2,3)4)11-7-6-10(14)8-12(11)15/h6-8,16H,5,9H2,1-4H3. The zero-order valence-electron chi connectivity index (χ0n) is 10.8. The second kappa shape index (κ2) is 4.94. The summed E-state index contributed by atoms with van der Waals surface area (Å²) < 4.78 is 26.6. The number of hydrogen-bond donors (Lipinski definition) is 1. The SMILES string of the molecule is CCC(O)(CS(C)(C)C)c1ccc(F)cc1F. The van der Waals surface area contributed by atoms with Crippen molar-refractivity contribution in [3.63, 3.8) is 0 Å². The summed E-state index contributed by atoms with van der Waals surface area (Å²) in [6, 6.07) is 3.37. The van der Waals surface area contributed by atoms with Crippen LogP contribution in [0.1, 0.15) is 18.9 Å². The van der Waals surface area contributed by atoms with Gasteiger partial charge in [0.25, 0.3) is 0 Å². The summed E-state index contributed by atoms with van der Waals surface area (Å²) in [7, 11) is -0.979. The molecule has 0 saturated carbocycles. The third kappa shape index (κ3) is 3.68. The Hall–Kier alpha value is -0.610. The average molecular weight is 262 g/mol. The molecule has 0 aliphatic heterocycles. The van der Waals surface area contributed by atoms with Crippen LogP contribution in [0, 0.1) is 11.6 Å². The Balaban J connectivity index is 3.16. The zero-order chi connectivity index (χ0) is 13.3. The summed E-state index contributed by atoms with van der Waals surface area (Å²) >= 11 is 0. The first-order chi connectivity index (χ1) is 7.68. The molecule has 1 rings (SSSR count). The first kappa shape index (κ1) is 14.5. The van der Waals surface area contributed by atoms with Crippen LogP contribution in [0.2, 0.25) is 0 Å². The molecule has 0 amide bonds.